The second kappa shape index (κ2) is 7.64. The van der Waals surface area contributed by atoms with Crippen LogP contribution in [0.15, 0.2) is 53.5 Å². The van der Waals surface area contributed by atoms with Gasteiger partial charge in [0, 0.05) is 19.7 Å². The van der Waals surface area contributed by atoms with E-state index >= 15 is 0 Å². The number of nitrogens with one attached hydrogen (secondary N) is 3. The molecule has 2 aromatic rings. The number of hydrogen-bond donors (Lipinski definition) is 3. The Morgan fingerprint density at radius 1 is 1.04 bits per heavy atom. The smallest absolute Gasteiger partial charge is 0.253 e. The molecular weight excluding hydrogens is 350 g/mol. The standard InChI is InChI=1S/C22H27N5O/c1-27(2)20(28)17-9-7-16(8-10-17)15-24-21-22(11-13-23-14-12-22)26-19-6-4-3-5-18(19)25-21/h3-10,23,26H,11-15H2,1-2H3,(H,24,25). The van der Waals surface area contributed by atoms with Crippen molar-refractivity contribution in [3.8, 4) is 0 Å². The predicted octanol–water partition coefficient (Wildman–Crippen LogP) is 2.95. The summed E-state index contributed by atoms with van der Waals surface area (Å²) >= 11 is 0. The Kier molecular flexibility index (Phi) is 5.05. The normalized spacial score (nSPS) is 18.9. The van der Waals surface area contributed by atoms with Gasteiger partial charge in [-0.3, -0.25) is 9.79 Å². The molecule has 0 radical (unpaired) electrons. The number of rotatable bonds is 3. The summed E-state index contributed by atoms with van der Waals surface area (Å²) in [5.41, 5.74) is 3.84. The van der Waals surface area contributed by atoms with Crippen molar-refractivity contribution in [2.45, 2.75) is 24.9 Å². The van der Waals surface area contributed by atoms with Gasteiger partial charge in [0.2, 0.25) is 0 Å². The number of piperidine rings is 1. The monoisotopic (exact) mass is 377 g/mol. The van der Waals surface area contributed by atoms with Gasteiger partial charge in [-0.1, -0.05) is 24.3 Å². The van der Waals surface area contributed by atoms with Crippen LogP contribution in [-0.2, 0) is 6.54 Å². The summed E-state index contributed by atoms with van der Waals surface area (Å²) in [5, 5.41) is 10.8. The zero-order valence-corrected chi connectivity index (χ0v) is 16.5. The van der Waals surface area contributed by atoms with Crippen molar-refractivity contribution >= 4 is 23.1 Å². The minimum absolute atomic E-state index is 0.0151. The third-order valence-electron chi connectivity index (χ3n) is 5.49. The van der Waals surface area contributed by atoms with E-state index in [-0.39, 0.29) is 11.4 Å². The SMILES string of the molecule is CN(C)C(=O)c1ccc(CN=C2Nc3ccccc3NC23CCNCC3)cc1. The molecule has 2 aromatic carbocycles. The highest BCUT2D eigenvalue weighted by Crippen LogP contribution is 2.35. The second-order valence-corrected chi connectivity index (χ2v) is 7.69. The van der Waals surface area contributed by atoms with Crippen molar-refractivity contribution in [3.05, 3.63) is 59.7 Å². The number of aliphatic imine (C=N–C) groups is 1. The van der Waals surface area contributed by atoms with E-state index in [2.05, 4.69) is 34.1 Å². The molecule has 6 nitrogen and oxygen atoms in total. The molecule has 2 aliphatic rings. The highest BCUT2D eigenvalue weighted by Gasteiger charge is 2.40. The van der Waals surface area contributed by atoms with E-state index in [0.29, 0.717) is 12.1 Å². The summed E-state index contributed by atoms with van der Waals surface area (Å²) in [7, 11) is 3.53. The number of anilines is 2. The average molecular weight is 377 g/mol. The Bertz CT molecular complexity index is 882. The molecule has 1 spiro atoms. The van der Waals surface area contributed by atoms with Gasteiger partial charge in [-0.15, -0.1) is 0 Å². The van der Waals surface area contributed by atoms with Crippen LogP contribution in [0.3, 0.4) is 0 Å². The van der Waals surface area contributed by atoms with E-state index in [0.717, 1.165) is 48.7 Å². The van der Waals surface area contributed by atoms with Gasteiger partial charge in [0.15, 0.2) is 0 Å². The van der Waals surface area contributed by atoms with Gasteiger partial charge in [-0.2, -0.15) is 0 Å². The van der Waals surface area contributed by atoms with Crippen LogP contribution in [0.1, 0.15) is 28.8 Å². The lowest BCUT2D eigenvalue weighted by Gasteiger charge is -2.44. The van der Waals surface area contributed by atoms with Crippen molar-refractivity contribution in [3.63, 3.8) is 0 Å². The van der Waals surface area contributed by atoms with Crippen LogP contribution in [0.25, 0.3) is 0 Å². The molecule has 0 aromatic heterocycles. The number of amidine groups is 1. The van der Waals surface area contributed by atoms with Crippen molar-refractivity contribution in [2.75, 3.05) is 37.8 Å². The molecule has 3 N–H and O–H groups in total. The number of benzene rings is 2. The second-order valence-electron chi connectivity index (χ2n) is 7.69. The van der Waals surface area contributed by atoms with E-state index in [1.807, 2.05) is 30.3 Å². The van der Waals surface area contributed by atoms with Crippen LogP contribution in [0.2, 0.25) is 0 Å². The first-order chi connectivity index (χ1) is 13.6. The first-order valence-corrected chi connectivity index (χ1v) is 9.78. The maximum Gasteiger partial charge on any atom is 0.253 e. The highest BCUT2D eigenvalue weighted by atomic mass is 16.2. The van der Waals surface area contributed by atoms with E-state index < -0.39 is 0 Å². The third-order valence-corrected chi connectivity index (χ3v) is 5.49. The lowest BCUT2D eigenvalue weighted by atomic mass is 9.84. The average Bonchev–Trinajstić information content (AvgIpc) is 2.72. The Morgan fingerprint density at radius 2 is 1.71 bits per heavy atom. The largest absolute Gasteiger partial charge is 0.371 e. The van der Waals surface area contributed by atoms with E-state index in [1.54, 1.807) is 19.0 Å². The van der Waals surface area contributed by atoms with Gasteiger partial charge in [0.1, 0.15) is 5.84 Å². The van der Waals surface area contributed by atoms with E-state index in [9.17, 15) is 4.79 Å². The first kappa shape index (κ1) is 18.5. The molecule has 4 rings (SSSR count). The van der Waals surface area contributed by atoms with E-state index in [1.165, 1.54) is 0 Å². The molecule has 28 heavy (non-hydrogen) atoms. The van der Waals surface area contributed by atoms with Crippen LogP contribution in [0.4, 0.5) is 11.4 Å². The number of carbonyl (C=O) groups is 1. The topological polar surface area (TPSA) is 68.8 Å². The highest BCUT2D eigenvalue weighted by molar-refractivity contribution is 6.09. The van der Waals surface area contributed by atoms with Crippen molar-refractivity contribution in [2.24, 2.45) is 4.99 Å². The zero-order chi connectivity index (χ0) is 19.6. The van der Waals surface area contributed by atoms with Gasteiger partial charge in [0.05, 0.1) is 23.5 Å². The van der Waals surface area contributed by atoms with Crippen LogP contribution < -0.4 is 16.0 Å². The fourth-order valence-corrected chi connectivity index (χ4v) is 3.85. The van der Waals surface area contributed by atoms with Gasteiger partial charge in [-0.05, 0) is 55.8 Å². The summed E-state index contributed by atoms with van der Waals surface area (Å²) in [6, 6.07) is 16.0. The van der Waals surface area contributed by atoms with Crippen LogP contribution in [0, 0.1) is 0 Å². The molecule has 1 fully saturated rings. The van der Waals surface area contributed by atoms with Crippen LogP contribution >= 0.6 is 0 Å². The fourth-order valence-electron chi connectivity index (χ4n) is 3.85. The molecule has 2 aliphatic heterocycles. The van der Waals surface area contributed by atoms with Gasteiger partial charge in [0.25, 0.3) is 5.91 Å². The number of nitrogens with zero attached hydrogens (tertiary/aromatic N) is 2. The number of carbonyl (C=O) groups excluding carboxylic acids is 1. The van der Waals surface area contributed by atoms with Crippen molar-refractivity contribution in [1.82, 2.24) is 10.2 Å². The molecule has 6 heteroatoms. The summed E-state index contributed by atoms with van der Waals surface area (Å²) in [5.74, 6) is 1.02. The summed E-state index contributed by atoms with van der Waals surface area (Å²) in [6.07, 6.45) is 1.98. The minimum Gasteiger partial charge on any atom is -0.371 e. The molecule has 1 amide bonds. The Labute approximate surface area is 166 Å². The molecule has 1 saturated heterocycles. The predicted molar refractivity (Wildman–Crippen MR) is 114 cm³/mol. The zero-order valence-electron chi connectivity index (χ0n) is 16.5. The van der Waals surface area contributed by atoms with Crippen LogP contribution in [0.5, 0.6) is 0 Å². The lowest BCUT2D eigenvalue weighted by molar-refractivity contribution is 0.0827. The molecule has 2 heterocycles. The first-order valence-electron chi connectivity index (χ1n) is 9.78. The Hall–Kier alpha value is -2.86. The maximum absolute atomic E-state index is 12.1. The summed E-state index contributed by atoms with van der Waals surface area (Å²) in [6.45, 7) is 2.52. The molecule has 146 valence electrons. The molecular formula is C22H27N5O. The molecule has 0 atom stereocenters. The quantitative estimate of drug-likeness (QED) is 0.769. The van der Waals surface area contributed by atoms with Crippen molar-refractivity contribution < 1.29 is 4.79 Å². The maximum atomic E-state index is 12.1. The van der Waals surface area contributed by atoms with Crippen LogP contribution in [-0.4, -0.2) is 49.4 Å². The Morgan fingerprint density at radius 3 is 2.39 bits per heavy atom. The molecule has 0 bridgehead atoms. The summed E-state index contributed by atoms with van der Waals surface area (Å²) < 4.78 is 0. The minimum atomic E-state index is -0.152. The van der Waals surface area contributed by atoms with Gasteiger partial charge >= 0.3 is 0 Å². The number of para-hydroxylation sites is 2. The Balaban J connectivity index is 1.57. The van der Waals surface area contributed by atoms with E-state index in [4.69, 9.17) is 4.99 Å². The molecule has 0 unspecified atom stereocenters. The molecule has 0 saturated carbocycles. The number of amides is 1. The molecule has 0 aliphatic carbocycles. The third kappa shape index (κ3) is 3.60. The lowest BCUT2D eigenvalue weighted by Crippen LogP contribution is -2.57. The van der Waals surface area contributed by atoms with Gasteiger partial charge in [-0.25, -0.2) is 0 Å². The summed E-state index contributed by atoms with van der Waals surface area (Å²) in [4.78, 5) is 18.6. The fraction of sp³-hybridized carbons (Fsp3) is 0.364. The van der Waals surface area contributed by atoms with Crippen molar-refractivity contribution in [1.29, 1.82) is 0 Å². The number of fused-ring (bicyclic) bond motifs is 1. The number of hydrogen-bond acceptors (Lipinski definition) is 4. The van der Waals surface area contributed by atoms with Gasteiger partial charge < -0.3 is 20.9 Å².